The largest absolute Gasteiger partial charge is 0.493 e. The van der Waals surface area contributed by atoms with Crippen molar-refractivity contribution in [2.24, 2.45) is 16.8 Å². The standard InChI is InChI=1S/C23H37N3O4.HI/c1-18-4-5-21(22(12-18)30-17-20-7-11-29-16-20)13-26-23(24-2)25-8-3-9-27-14-19-6-10-28-15-19;/h4-5,12,19-20H,3,6-11,13-17H2,1-2H3,(H2,24,25,26);1H. The van der Waals surface area contributed by atoms with E-state index in [1.165, 1.54) is 5.56 Å². The van der Waals surface area contributed by atoms with Crippen LogP contribution in [0.25, 0.3) is 0 Å². The number of halogens is 1. The summed E-state index contributed by atoms with van der Waals surface area (Å²) in [6, 6.07) is 6.35. The first kappa shape index (κ1) is 26.2. The highest BCUT2D eigenvalue weighted by Crippen LogP contribution is 2.22. The Morgan fingerprint density at radius 2 is 1.84 bits per heavy atom. The third-order valence-corrected chi connectivity index (χ3v) is 5.53. The summed E-state index contributed by atoms with van der Waals surface area (Å²) in [6.07, 6.45) is 3.14. The van der Waals surface area contributed by atoms with Crippen molar-refractivity contribution in [3.63, 3.8) is 0 Å². The highest BCUT2D eigenvalue weighted by molar-refractivity contribution is 14.0. The minimum absolute atomic E-state index is 0. The number of hydrogen-bond acceptors (Lipinski definition) is 5. The Morgan fingerprint density at radius 3 is 2.52 bits per heavy atom. The fourth-order valence-electron chi connectivity index (χ4n) is 3.61. The first-order valence-electron chi connectivity index (χ1n) is 11.1. The van der Waals surface area contributed by atoms with Gasteiger partial charge in [-0.25, -0.2) is 0 Å². The molecule has 2 heterocycles. The summed E-state index contributed by atoms with van der Waals surface area (Å²) < 4.78 is 22.7. The number of nitrogens with one attached hydrogen (secondary N) is 2. The molecule has 0 radical (unpaired) electrons. The van der Waals surface area contributed by atoms with Crippen molar-refractivity contribution >= 4 is 29.9 Å². The summed E-state index contributed by atoms with van der Waals surface area (Å²) in [7, 11) is 1.79. The van der Waals surface area contributed by atoms with E-state index in [2.05, 4.69) is 40.7 Å². The summed E-state index contributed by atoms with van der Waals surface area (Å²) in [5.74, 6) is 2.78. The first-order valence-corrected chi connectivity index (χ1v) is 11.1. The van der Waals surface area contributed by atoms with E-state index in [-0.39, 0.29) is 24.0 Å². The normalized spacial score (nSPS) is 21.0. The van der Waals surface area contributed by atoms with Crippen LogP contribution in [0.3, 0.4) is 0 Å². The molecule has 176 valence electrons. The summed E-state index contributed by atoms with van der Waals surface area (Å²) in [6.45, 7) is 9.19. The fourth-order valence-corrected chi connectivity index (χ4v) is 3.61. The van der Waals surface area contributed by atoms with Gasteiger partial charge in [0.25, 0.3) is 0 Å². The molecule has 0 aromatic heterocycles. The Balaban J connectivity index is 0.00000341. The molecular weight excluding hydrogens is 509 g/mol. The molecule has 0 amide bonds. The smallest absolute Gasteiger partial charge is 0.191 e. The molecule has 0 aliphatic carbocycles. The summed E-state index contributed by atoms with van der Waals surface area (Å²) >= 11 is 0. The predicted octanol–water partition coefficient (Wildman–Crippen LogP) is 3.14. The zero-order valence-electron chi connectivity index (χ0n) is 18.9. The van der Waals surface area contributed by atoms with Gasteiger partial charge in [0.2, 0.25) is 0 Å². The molecule has 8 heteroatoms. The van der Waals surface area contributed by atoms with E-state index in [1.807, 2.05) is 0 Å². The molecule has 2 fully saturated rings. The molecule has 2 atom stereocenters. The minimum Gasteiger partial charge on any atom is -0.493 e. The maximum atomic E-state index is 6.13. The first-order chi connectivity index (χ1) is 14.7. The van der Waals surface area contributed by atoms with Gasteiger partial charge >= 0.3 is 0 Å². The van der Waals surface area contributed by atoms with E-state index in [4.69, 9.17) is 18.9 Å². The van der Waals surface area contributed by atoms with Crippen LogP contribution < -0.4 is 15.4 Å². The Morgan fingerprint density at radius 1 is 1.10 bits per heavy atom. The second-order valence-corrected chi connectivity index (χ2v) is 8.16. The number of rotatable bonds is 11. The molecule has 0 bridgehead atoms. The molecular formula is C23H38IN3O4. The van der Waals surface area contributed by atoms with Gasteiger partial charge in [0, 0.05) is 57.4 Å². The van der Waals surface area contributed by atoms with Gasteiger partial charge < -0.3 is 29.6 Å². The second-order valence-electron chi connectivity index (χ2n) is 8.16. The molecule has 2 aliphatic heterocycles. The van der Waals surface area contributed by atoms with Crippen molar-refractivity contribution in [3.05, 3.63) is 29.3 Å². The molecule has 2 aliphatic rings. The third kappa shape index (κ3) is 9.51. The van der Waals surface area contributed by atoms with Crippen LogP contribution in [0.15, 0.2) is 23.2 Å². The Labute approximate surface area is 203 Å². The molecule has 2 N–H and O–H groups in total. The maximum absolute atomic E-state index is 6.13. The molecule has 0 saturated carbocycles. The lowest BCUT2D eigenvalue weighted by molar-refractivity contribution is 0.0888. The highest BCUT2D eigenvalue weighted by atomic mass is 127. The Kier molecular flexibility index (Phi) is 12.5. The molecule has 3 rings (SSSR count). The van der Waals surface area contributed by atoms with Crippen LogP contribution in [0.4, 0.5) is 0 Å². The number of ether oxygens (including phenoxy) is 4. The van der Waals surface area contributed by atoms with Crippen LogP contribution in [-0.2, 0) is 20.8 Å². The number of aryl methyl sites for hydroxylation is 1. The molecule has 7 nitrogen and oxygen atoms in total. The van der Waals surface area contributed by atoms with Crippen molar-refractivity contribution < 1.29 is 18.9 Å². The predicted molar refractivity (Wildman–Crippen MR) is 134 cm³/mol. The molecule has 2 unspecified atom stereocenters. The monoisotopic (exact) mass is 547 g/mol. The molecule has 0 spiro atoms. The molecule has 1 aromatic carbocycles. The fraction of sp³-hybridized carbons (Fsp3) is 0.696. The van der Waals surface area contributed by atoms with Crippen molar-refractivity contribution in [2.45, 2.75) is 32.7 Å². The quantitative estimate of drug-likeness (QED) is 0.192. The van der Waals surface area contributed by atoms with E-state index < -0.39 is 0 Å². The van der Waals surface area contributed by atoms with E-state index in [0.29, 0.717) is 25.0 Å². The summed E-state index contributed by atoms with van der Waals surface area (Å²) in [5.41, 5.74) is 2.33. The number of hydrogen-bond donors (Lipinski definition) is 2. The van der Waals surface area contributed by atoms with Crippen LogP contribution in [0, 0.1) is 18.8 Å². The van der Waals surface area contributed by atoms with E-state index >= 15 is 0 Å². The van der Waals surface area contributed by atoms with Crippen molar-refractivity contribution in [2.75, 3.05) is 59.8 Å². The number of aliphatic imine (C=N–C) groups is 1. The van der Waals surface area contributed by atoms with Gasteiger partial charge in [-0.2, -0.15) is 0 Å². The van der Waals surface area contributed by atoms with Crippen LogP contribution in [-0.4, -0.2) is 65.8 Å². The van der Waals surface area contributed by atoms with Gasteiger partial charge in [0.1, 0.15) is 5.75 Å². The van der Waals surface area contributed by atoms with Crippen molar-refractivity contribution in [1.29, 1.82) is 0 Å². The van der Waals surface area contributed by atoms with Crippen LogP contribution in [0.1, 0.15) is 30.4 Å². The molecule has 2 saturated heterocycles. The zero-order chi connectivity index (χ0) is 21.0. The highest BCUT2D eigenvalue weighted by Gasteiger charge is 2.17. The van der Waals surface area contributed by atoms with Crippen LogP contribution in [0.5, 0.6) is 5.75 Å². The van der Waals surface area contributed by atoms with Gasteiger partial charge in [0.05, 0.1) is 26.4 Å². The van der Waals surface area contributed by atoms with Gasteiger partial charge in [-0.05, 0) is 37.8 Å². The molecule has 31 heavy (non-hydrogen) atoms. The van der Waals surface area contributed by atoms with Gasteiger partial charge in [-0.15, -0.1) is 24.0 Å². The Bertz CT molecular complexity index is 662. The number of nitrogens with zero attached hydrogens (tertiary/aromatic N) is 1. The lowest BCUT2D eigenvalue weighted by Crippen LogP contribution is -2.37. The topological polar surface area (TPSA) is 73.3 Å². The summed E-state index contributed by atoms with van der Waals surface area (Å²) in [4.78, 5) is 4.32. The third-order valence-electron chi connectivity index (χ3n) is 5.53. The zero-order valence-corrected chi connectivity index (χ0v) is 21.2. The average Bonchev–Trinajstić information content (AvgIpc) is 3.46. The number of guanidine groups is 1. The van der Waals surface area contributed by atoms with E-state index in [0.717, 1.165) is 82.7 Å². The van der Waals surface area contributed by atoms with Gasteiger partial charge in [-0.3, -0.25) is 4.99 Å². The van der Waals surface area contributed by atoms with E-state index in [9.17, 15) is 0 Å². The SMILES string of the molecule is CN=C(NCCCOCC1CCOC1)NCc1ccc(C)cc1OCC1CCOC1.I. The van der Waals surface area contributed by atoms with Crippen molar-refractivity contribution in [3.8, 4) is 5.75 Å². The van der Waals surface area contributed by atoms with E-state index in [1.54, 1.807) is 7.05 Å². The van der Waals surface area contributed by atoms with Crippen LogP contribution in [0.2, 0.25) is 0 Å². The second kappa shape index (κ2) is 14.9. The van der Waals surface area contributed by atoms with Gasteiger partial charge in [-0.1, -0.05) is 12.1 Å². The number of benzene rings is 1. The Hall–Kier alpha value is -1.10. The van der Waals surface area contributed by atoms with Crippen molar-refractivity contribution in [1.82, 2.24) is 10.6 Å². The van der Waals surface area contributed by atoms with Crippen LogP contribution >= 0.6 is 24.0 Å². The molecule has 1 aromatic rings. The maximum Gasteiger partial charge on any atom is 0.191 e. The summed E-state index contributed by atoms with van der Waals surface area (Å²) in [5, 5.41) is 6.74. The lowest BCUT2D eigenvalue weighted by atomic mass is 10.1. The minimum atomic E-state index is 0. The van der Waals surface area contributed by atoms with Gasteiger partial charge in [0.15, 0.2) is 5.96 Å². The average molecular weight is 547 g/mol. The lowest BCUT2D eigenvalue weighted by Gasteiger charge is -2.17.